The van der Waals surface area contributed by atoms with Crippen molar-refractivity contribution in [1.82, 2.24) is 14.7 Å². The molecule has 1 unspecified atom stereocenters. The molecule has 1 fully saturated rings. The highest BCUT2D eigenvalue weighted by Crippen LogP contribution is 2.30. The molecule has 0 saturated carbocycles. The second-order valence-electron chi connectivity index (χ2n) is 10.5. The summed E-state index contributed by atoms with van der Waals surface area (Å²) in [6.45, 7) is 3.05. The van der Waals surface area contributed by atoms with Gasteiger partial charge in [0.25, 0.3) is 5.91 Å². The second-order valence-corrected chi connectivity index (χ2v) is 11.7. The van der Waals surface area contributed by atoms with E-state index in [0.29, 0.717) is 20.6 Å². The third-order valence-electron chi connectivity index (χ3n) is 7.44. The minimum absolute atomic E-state index is 0.00905. The molecule has 0 spiro atoms. The van der Waals surface area contributed by atoms with E-state index in [-0.39, 0.29) is 24.4 Å². The number of anilines is 1. The fourth-order valence-corrected chi connectivity index (χ4v) is 5.52. The Bertz CT molecular complexity index is 1360. The number of likely N-dealkylation sites (tertiary alicyclic amines) is 1. The molecule has 4 rings (SSSR count). The highest BCUT2D eigenvalue weighted by Gasteiger charge is 2.26. The maximum Gasteiger partial charge on any atom is 0.254 e. The summed E-state index contributed by atoms with van der Waals surface area (Å²) < 4.78 is 0. The van der Waals surface area contributed by atoms with E-state index >= 15 is 0 Å². The van der Waals surface area contributed by atoms with Gasteiger partial charge < -0.3 is 19.6 Å². The zero-order valence-corrected chi connectivity index (χ0v) is 25.6. The normalized spacial score (nSPS) is 14.2. The number of rotatable bonds is 9. The van der Waals surface area contributed by atoms with Gasteiger partial charge in [0.15, 0.2) is 0 Å². The fraction of sp³-hybridized carbons (Fsp3) is 0.355. The van der Waals surface area contributed by atoms with Crippen molar-refractivity contribution in [3.8, 4) is 11.1 Å². The molecule has 1 aliphatic rings. The number of benzene rings is 3. The molecule has 6 nitrogen and oxygen atoms in total. The molecule has 0 aliphatic carbocycles. The minimum atomic E-state index is -0.130. The molecule has 0 N–H and O–H groups in total. The second kappa shape index (κ2) is 13.3. The first-order chi connectivity index (χ1) is 19.0. The third kappa shape index (κ3) is 7.10. The third-order valence-corrected chi connectivity index (χ3v) is 8.49. The highest BCUT2D eigenvalue weighted by atomic mass is 35.5. The smallest absolute Gasteiger partial charge is 0.254 e. The summed E-state index contributed by atoms with van der Waals surface area (Å²) in [6, 6.07) is 19.0. The number of hydrogen-bond donors (Lipinski definition) is 0. The van der Waals surface area contributed by atoms with E-state index in [0.717, 1.165) is 42.0 Å². The minimum Gasteiger partial charge on any atom is -0.365 e. The lowest BCUT2D eigenvalue weighted by Crippen LogP contribution is -2.42. The van der Waals surface area contributed by atoms with Crippen LogP contribution in [0.25, 0.3) is 11.1 Å². The summed E-state index contributed by atoms with van der Waals surface area (Å²) in [6.07, 6.45) is 2.35. The number of carbonyl (C=O) groups excluding carboxylic acids is 2. The van der Waals surface area contributed by atoms with Gasteiger partial charge in [-0.25, -0.2) is 0 Å². The molecule has 0 radical (unpaired) electrons. The van der Waals surface area contributed by atoms with Crippen molar-refractivity contribution in [3.05, 3.63) is 86.9 Å². The van der Waals surface area contributed by atoms with Crippen LogP contribution in [0, 0.1) is 0 Å². The van der Waals surface area contributed by atoms with Crippen molar-refractivity contribution < 1.29 is 9.59 Å². The summed E-state index contributed by atoms with van der Waals surface area (Å²) in [5, 5.41) is 1.36. The van der Waals surface area contributed by atoms with Crippen molar-refractivity contribution in [1.29, 1.82) is 0 Å². The van der Waals surface area contributed by atoms with E-state index in [9.17, 15) is 9.59 Å². The van der Waals surface area contributed by atoms with Crippen LogP contribution in [0.3, 0.4) is 0 Å². The van der Waals surface area contributed by atoms with Crippen LogP contribution in [0.15, 0.2) is 60.7 Å². The van der Waals surface area contributed by atoms with E-state index in [4.69, 9.17) is 34.8 Å². The molecular formula is C31H35Cl3N4O2. The van der Waals surface area contributed by atoms with Gasteiger partial charge in [0, 0.05) is 40.4 Å². The molecule has 1 aliphatic heterocycles. The van der Waals surface area contributed by atoms with Gasteiger partial charge in [-0.05, 0) is 73.0 Å². The Morgan fingerprint density at radius 3 is 2.05 bits per heavy atom. The van der Waals surface area contributed by atoms with Gasteiger partial charge in [0.2, 0.25) is 5.91 Å². The van der Waals surface area contributed by atoms with Crippen LogP contribution in [-0.2, 0) is 4.79 Å². The highest BCUT2D eigenvalue weighted by molar-refractivity contribution is 6.42. The standard InChI is InChI=1S/C31H35Cl3N4O2/c1-35(2)31(40)25-13-11-23(17-27(25)33)21-7-9-22(10-8-21)29(19-38-15-5-6-16-38)37(4)30(39)20-36(3)24-12-14-26(32)28(34)18-24/h7-14,17-18,29H,5-6,15-16,19-20H2,1-4H3. The van der Waals surface area contributed by atoms with Crippen LogP contribution in [0.5, 0.6) is 0 Å². The lowest BCUT2D eigenvalue weighted by molar-refractivity contribution is -0.131. The van der Waals surface area contributed by atoms with Gasteiger partial charge in [-0.15, -0.1) is 0 Å². The Labute approximate surface area is 252 Å². The number of carbonyl (C=O) groups is 2. The van der Waals surface area contributed by atoms with Crippen molar-refractivity contribution in [3.63, 3.8) is 0 Å². The average Bonchev–Trinajstić information content (AvgIpc) is 3.46. The number of halogens is 3. The predicted molar refractivity (Wildman–Crippen MR) is 166 cm³/mol. The lowest BCUT2D eigenvalue weighted by Gasteiger charge is -2.33. The van der Waals surface area contributed by atoms with E-state index < -0.39 is 0 Å². The first kappa shape index (κ1) is 30.2. The van der Waals surface area contributed by atoms with Gasteiger partial charge in [0.05, 0.1) is 33.2 Å². The van der Waals surface area contributed by atoms with Crippen LogP contribution in [0.1, 0.15) is 34.8 Å². The molecule has 0 bridgehead atoms. The number of hydrogen-bond acceptors (Lipinski definition) is 4. The Kier molecular flexibility index (Phi) is 10.0. The topological polar surface area (TPSA) is 47.1 Å². The molecule has 1 heterocycles. The lowest BCUT2D eigenvalue weighted by atomic mass is 9.98. The van der Waals surface area contributed by atoms with Gasteiger partial charge in [0.1, 0.15) is 0 Å². The molecule has 3 aromatic carbocycles. The van der Waals surface area contributed by atoms with Crippen LogP contribution in [0.2, 0.25) is 15.1 Å². The maximum absolute atomic E-state index is 13.5. The first-order valence-corrected chi connectivity index (χ1v) is 14.4. The number of nitrogens with zero attached hydrogens (tertiary/aromatic N) is 4. The summed E-state index contributed by atoms with van der Waals surface area (Å²) in [7, 11) is 7.16. The zero-order valence-electron chi connectivity index (χ0n) is 23.3. The maximum atomic E-state index is 13.5. The van der Waals surface area contributed by atoms with E-state index in [2.05, 4.69) is 17.0 Å². The van der Waals surface area contributed by atoms with Crippen molar-refractivity contribution in [2.24, 2.45) is 0 Å². The van der Waals surface area contributed by atoms with E-state index in [1.165, 1.54) is 17.7 Å². The van der Waals surface area contributed by atoms with E-state index in [1.807, 2.05) is 54.2 Å². The summed E-state index contributed by atoms with van der Waals surface area (Å²) in [5.74, 6) is -0.121. The predicted octanol–water partition coefficient (Wildman–Crippen LogP) is 6.75. The molecule has 2 amide bonds. The van der Waals surface area contributed by atoms with Crippen molar-refractivity contribution in [2.75, 3.05) is 59.3 Å². The van der Waals surface area contributed by atoms with Crippen molar-refractivity contribution in [2.45, 2.75) is 18.9 Å². The molecular weight excluding hydrogens is 567 g/mol. The summed E-state index contributed by atoms with van der Waals surface area (Å²) >= 11 is 18.7. The first-order valence-electron chi connectivity index (χ1n) is 13.3. The zero-order chi connectivity index (χ0) is 29.0. The summed E-state index contributed by atoms with van der Waals surface area (Å²) in [4.78, 5) is 33.5. The Morgan fingerprint density at radius 2 is 1.45 bits per heavy atom. The molecule has 3 aromatic rings. The van der Waals surface area contributed by atoms with Crippen LogP contribution < -0.4 is 4.90 Å². The fourth-order valence-electron chi connectivity index (χ4n) is 4.97. The molecule has 40 heavy (non-hydrogen) atoms. The van der Waals surface area contributed by atoms with Crippen molar-refractivity contribution >= 4 is 52.3 Å². The molecule has 1 atom stereocenters. The Balaban J connectivity index is 1.54. The van der Waals surface area contributed by atoms with E-state index in [1.54, 1.807) is 32.3 Å². The van der Waals surface area contributed by atoms with Gasteiger partial charge >= 0.3 is 0 Å². The average molecular weight is 602 g/mol. The quantitative estimate of drug-likeness (QED) is 0.272. The Morgan fingerprint density at radius 1 is 0.800 bits per heavy atom. The number of likely N-dealkylation sites (N-methyl/N-ethyl adjacent to an activating group) is 2. The van der Waals surface area contributed by atoms with Crippen LogP contribution in [-0.4, -0.2) is 80.9 Å². The SMILES string of the molecule is CN(C)C(=O)c1ccc(-c2ccc(C(CN3CCCC3)N(C)C(=O)CN(C)c3ccc(Cl)c(Cl)c3)cc2)cc1Cl. The summed E-state index contributed by atoms with van der Waals surface area (Å²) in [5.41, 5.74) is 4.28. The van der Waals surface area contributed by atoms with Crippen LogP contribution >= 0.6 is 34.8 Å². The molecule has 1 saturated heterocycles. The molecule has 0 aromatic heterocycles. The number of amides is 2. The molecule has 9 heteroatoms. The van der Waals surface area contributed by atoms with Crippen LogP contribution in [0.4, 0.5) is 5.69 Å². The van der Waals surface area contributed by atoms with Gasteiger partial charge in [-0.3, -0.25) is 9.59 Å². The van der Waals surface area contributed by atoms with Gasteiger partial charge in [-0.2, -0.15) is 0 Å². The van der Waals surface area contributed by atoms with Gasteiger partial charge in [-0.1, -0.05) is 65.1 Å². The monoisotopic (exact) mass is 600 g/mol. The Hall–Kier alpha value is -2.77. The molecule has 212 valence electrons. The largest absolute Gasteiger partial charge is 0.365 e.